The fourth-order valence-electron chi connectivity index (χ4n) is 1.88. The monoisotopic (exact) mass is 311 g/mol. The van der Waals surface area contributed by atoms with Crippen molar-refractivity contribution in [1.29, 1.82) is 0 Å². The second-order valence-corrected chi connectivity index (χ2v) is 4.38. The van der Waals surface area contributed by atoms with Gasteiger partial charge in [0.2, 0.25) is 0 Å². The summed E-state index contributed by atoms with van der Waals surface area (Å²) in [4.78, 5) is 12.1. The standard InChI is InChI=1S/C15H12F3NO3/c1-22-13-8-9(6-7-12(13)20)19-14(21)10-4-2-3-5-11(10)15(16,17)18/h2-8,20H,1H3,(H,19,21). The van der Waals surface area contributed by atoms with Gasteiger partial charge < -0.3 is 15.2 Å². The van der Waals surface area contributed by atoms with Crippen molar-refractivity contribution < 1.29 is 27.8 Å². The van der Waals surface area contributed by atoms with E-state index >= 15 is 0 Å². The van der Waals surface area contributed by atoms with E-state index in [0.29, 0.717) is 0 Å². The lowest BCUT2D eigenvalue weighted by molar-refractivity contribution is -0.137. The van der Waals surface area contributed by atoms with Gasteiger partial charge in [-0.15, -0.1) is 0 Å². The van der Waals surface area contributed by atoms with Gasteiger partial charge in [-0.25, -0.2) is 0 Å². The number of methoxy groups -OCH3 is 1. The van der Waals surface area contributed by atoms with E-state index in [4.69, 9.17) is 4.74 Å². The second kappa shape index (κ2) is 5.97. The third kappa shape index (κ3) is 3.30. The number of nitrogens with one attached hydrogen (secondary N) is 1. The number of phenols is 1. The molecule has 0 saturated heterocycles. The molecular weight excluding hydrogens is 299 g/mol. The van der Waals surface area contributed by atoms with Crippen molar-refractivity contribution in [2.75, 3.05) is 12.4 Å². The Morgan fingerprint density at radius 3 is 2.50 bits per heavy atom. The molecule has 0 heterocycles. The van der Waals surface area contributed by atoms with Crippen LogP contribution in [0.2, 0.25) is 0 Å². The molecule has 0 aromatic heterocycles. The third-order valence-corrected chi connectivity index (χ3v) is 2.91. The van der Waals surface area contributed by atoms with E-state index in [-0.39, 0.29) is 17.2 Å². The van der Waals surface area contributed by atoms with Crippen molar-refractivity contribution >= 4 is 11.6 Å². The first-order valence-corrected chi connectivity index (χ1v) is 6.17. The minimum absolute atomic E-state index is 0.0990. The van der Waals surface area contributed by atoms with Crippen LogP contribution in [0.15, 0.2) is 42.5 Å². The molecule has 7 heteroatoms. The Hall–Kier alpha value is -2.70. The number of anilines is 1. The van der Waals surface area contributed by atoms with E-state index in [9.17, 15) is 23.1 Å². The van der Waals surface area contributed by atoms with E-state index in [1.807, 2.05) is 0 Å². The molecule has 4 nitrogen and oxygen atoms in total. The fraction of sp³-hybridized carbons (Fsp3) is 0.133. The number of aromatic hydroxyl groups is 1. The maximum Gasteiger partial charge on any atom is 0.417 e. The topological polar surface area (TPSA) is 58.6 Å². The zero-order chi connectivity index (χ0) is 16.3. The number of phenolic OH excluding ortho intramolecular Hbond substituents is 1. The van der Waals surface area contributed by atoms with Crippen molar-refractivity contribution in [1.82, 2.24) is 0 Å². The number of carbonyl (C=O) groups excluding carboxylic acids is 1. The van der Waals surface area contributed by atoms with Gasteiger partial charge in [-0.05, 0) is 24.3 Å². The molecule has 1 amide bonds. The van der Waals surface area contributed by atoms with Gasteiger partial charge in [0, 0.05) is 11.8 Å². The Balaban J connectivity index is 2.31. The van der Waals surface area contributed by atoms with Crippen LogP contribution < -0.4 is 10.1 Å². The largest absolute Gasteiger partial charge is 0.504 e. The molecule has 0 aliphatic carbocycles. The van der Waals surface area contributed by atoms with Gasteiger partial charge in [0.25, 0.3) is 5.91 Å². The van der Waals surface area contributed by atoms with Crippen LogP contribution in [0.3, 0.4) is 0 Å². The number of benzene rings is 2. The van der Waals surface area contributed by atoms with E-state index in [1.54, 1.807) is 0 Å². The predicted molar refractivity (Wildman–Crippen MR) is 74.1 cm³/mol. The number of amides is 1. The molecule has 0 aliphatic rings. The Labute approximate surface area is 124 Å². The highest BCUT2D eigenvalue weighted by Gasteiger charge is 2.34. The molecule has 2 rings (SSSR count). The maximum absolute atomic E-state index is 12.9. The molecule has 2 N–H and O–H groups in total. The van der Waals surface area contributed by atoms with E-state index in [0.717, 1.165) is 12.1 Å². The van der Waals surface area contributed by atoms with Crippen LogP contribution in [0.1, 0.15) is 15.9 Å². The summed E-state index contributed by atoms with van der Waals surface area (Å²) in [5.74, 6) is -0.946. The Kier molecular flexibility index (Phi) is 4.25. The molecule has 0 aliphatic heterocycles. The lowest BCUT2D eigenvalue weighted by atomic mass is 10.1. The summed E-state index contributed by atoms with van der Waals surface area (Å²) in [6.07, 6.45) is -4.62. The van der Waals surface area contributed by atoms with Crippen LogP contribution in [0.5, 0.6) is 11.5 Å². The maximum atomic E-state index is 12.9. The van der Waals surface area contributed by atoms with Gasteiger partial charge in [-0.3, -0.25) is 4.79 Å². The quantitative estimate of drug-likeness (QED) is 0.850. The zero-order valence-corrected chi connectivity index (χ0v) is 11.4. The summed E-state index contributed by atoms with van der Waals surface area (Å²) in [5, 5.41) is 11.8. The Bertz CT molecular complexity index is 699. The number of hydrogen-bond donors (Lipinski definition) is 2. The highest BCUT2D eigenvalue weighted by atomic mass is 19.4. The number of carbonyl (C=O) groups is 1. The van der Waals surface area contributed by atoms with Crippen LogP contribution in [0.4, 0.5) is 18.9 Å². The normalized spacial score (nSPS) is 11.1. The molecule has 2 aromatic rings. The highest BCUT2D eigenvalue weighted by molar-refractivity contribution is 6.05. The van der Waals surface area contributed by atoms with Crippen molar-refractivity contribution in [3.63, 3.8) is 0 Å². The molecule has 0 radical (unpaired) electrons. The summed E-state index contributed by atoms with van der Waals surface area (Å²) >= 11 is 0. The number of rotatable bonds is 3. The van der Waals surface area contributed by atoms with Crippen LogP contribution in [0, 0.1) is 0 Å². The van der Waals surface area contributed by atoms with Gasteiger partial charge in [0.15, 0.2) is 11.5 Å². The fourth-order valence-corrected chi connectivity index (χ4v) is 1.88. The van der Waals surface area contributed by atoms with Gasteiger partial charge in [-0.1, -0.05) is 12.1 Å². The highest BCUT2D eigenvalue weighted by Crippen LogP contribution is 2.33. The minimum atomic E-state index is -4.62. The van der Waals surface area contributed by atoms with Crippen molar-refractivity contribution in [2.24, 2.45) is 0 Å². The average Bonchev–Trinajstić information content (AvgIpc) is 2.48. The summed E-state index contributed by atoms with van der Waals surface area (Å²) < 4.78 is 43.5. The Morgan fingerprint density at radius 2 is 1.86 bits per heavy atom. The molecule has 0 saturated carbocycles. The lowest BCUT2D eigenvalue weighted by Gasteiger charge is -2.13. The van der Waals surface area contributed by atoms with Crippen molar-refractivity contribution in [3.8, 4) is 11.5 Å². The molecule has 0 atom stereocenters. The van der Waals surface area contributed by atoms with Crippen LogP contribution in [0.25, 0.3) is 0 Å². The third-order valence-electron chi connectivity index (χ3n) is 2.91. The first kappa shape index (κ1) is 15.7. The molecule has 2 aromatic carbocycles. The number of hydrogen-bond acceptors (Lipinski definition) is 3. The van der Waals surface area contributed by atoms with Crippen LogP contribution >= 0.6 is 0 Å². The predicted octanol–water partition coefficient (Wildman–Crippen LogP) is 3.67. The lowest BCUT2D eigenvalue weighted by Crippen LogP contribution is -2.18. The molecule has 0 bridgehead atoms. The number of halogens is 3. The summed E-state index contributed by atoms with van der Waals surface area (Å²) in [6, 6.07) is 8.42. The van der Waals surface area contributed by atoms with Gasteiger partial charge >= 0.3 is 6.18 Å². The average molecular weight is 311 g/mol. The first-order chi connectivity index (χ1) is 10.3. The molecule has 22 heavy (non-hydrogen) atoms. The number of alkyl halides is 3. The van der Waals surface area contributed by atoms with E-state index in [1.165, 1.54) is 37.4 Å². The Morgan fingerprint density at radius 1 is 1.18 bits per heavy atom. The summed E-state index contributed by atoms with van der Waals surface area (Å²) in [5.41, 5.74) is -1.29. The van der Waals surface area contributed by atoms with Crippen molar-refractivity contribution in [2.45, 2.75) is 6.18 Å². The molecule has 0 spiro atoms. The van der Waals surface area contributed by atoms with Crippen molar-refractivity contribution in [3.05, 3.63) is 53.6 Å². The second-order valence-electron chi connectivity index (χ2n) is 4.38. The number of ether oxygens (including phenoxy) is 1. The zero-order valence-electron chi connectivity index (χ0n) is 11.4. The smallest absolute Gasteiger partial charge is 0.417 e. The summed E-state index contributed by atoms with van der Waals surface area (Å²) in [7, 11) is 1.32. The molecule has 0 fully saturated rings. The van der Waals surface area contributed by atoms with E-state index in [2.05, 4.69) is 5.32 Å². The van der Waals surface area contributed by atoms with Gasteiger partial charge in [-0.2, -0.15) is 13.2 Å². The molecule has 0 unspecified atom stereocenters. The summed E-state index contributed by atoms with van der Waals surface area (Å²) in [6.45, 7) is 0. The minimum Gasteiger partial charge on any atom is -0.504 e. The first-order valence-electron chi connectivity index (χ1n) is 6.17. The molecular formula is C15H12F3NO3. The van der Waals surface area contributed by atoms with Gasteiger partial charge in [0.05, 0.1) is 18.2 Å². The van der Waals surface area contributed by atoms with E-state index < -0.39 is 23.2 Å². The SMILES string of the molecule is COc1cc(NC(=O)c2ccccc2C(F)(F)F)ccc1O. The molecule has 116 valence electrons. The van der Waals surface area contributed by atoms with Gasteiger partial charge in [0.1, 0.15) is 0 Å². The van der Waals surface area contributed by atoms with Crippen LogP contribution in [-0.2, 0) is 6.18 Å². The van der Waals surface area contributed by atoms with Crippen LogP contribution in [-0.4, -0.2) is 18.1 Å².